The van der Waals surface area contributed by atoms with E-state index in [-0.39, 0.29) is 29.8 Å². The van der Waals surface area contributed by atoms with Gasteiger partial charge in [0.05, 0.1) is 42.0 Å². The van der Waals surface area contributed by atoms with Crippen molar-refractivity contribution < 1.29 is 22.0 Å². The lowest BCUT2D eigenvalue weighted by atomic mass is 9.99. The number of fused-ring (bicyclic) bond motifs is 3. The third kappa shape index (κ3) is 3.35. The Bertz CT molecular complexity index is 1510. The van der Waals surface area contributed by atoms with Gasteiger partial charge in [0.25, 0.3) is 5.91 Å². The lowest BCUT2D eigenvalue weighted by Gasteiger charge is -2.22. The van der Waals surface area contributed by atoms with E-state index in [0.717, 1.165) is 6.26 Å². The Hall–Kier alpha value is -3.73. The van der Waals surface area contributed by atoms with Gasteiger partial charge >= 0.3 is 0 Å². The monoisotopic (exact) mass is 469 g/mol. The number of rotatable bonds is 3. The van der Waals surface area contributed by atoms with E-state index >= 15 is 0 Å². The number of carbonyl (C=O) groups excluding carboxylic acids is 1. The predicted octanol–water partition coefficient (Wildman–Crippen LogP) is 3.08. The molecule has 0 aliphatic carbocycles. The number of halogens is 1. The van der Waals surface area contributed by atoms with Gasteiger partial charge in [-0.15, -0.1) is 5.10 Å². The highest BCUT2D eigenvalue weighted by Gasteiger charge is 2.32. The molecule has 1 atom stereocenters. The highest BCUT2D eigenvalue weighted by molar-refractivity contribution is 7.92. The van der Waals surface area contributed by atoms with Crippen molar-refractivity contribution >= 4 is 32.6 Å². The second kappa shape index (κ2) is 7.41. The SMILES string of the molecule is CNC(=O)c1c(-c2ccc(F)cc2)oc2cc3c(cc12)[C@H](C)n1nncc1CN3S(C)(=O)=O. The number of sulfonamides is 1. The van der Waals surface area contributed by atoms with E-state index in [2.05, 4.69) is 15.6 Å². The largest absolute Gasteiger partial charge is 0.455 e. The molecule has 3 heterocycles. The Labute approximate surface area is 188 Å². The van der Waals surface area contributed by atoms with Crippen molar-refractivity contribution in [2.45, 2.75) is 19.5 Å². The van der Waals surface area contributed by atoms with E-state index < -0.39 is 15.8 Å². The smallest absolute Gasteiger partial charge is 0.255 e. The fourth-order valence-corrected chi connectivity index (χ4v) is 5.10. The summed E-state index contributed by atoms with van der Waals surface area (Å²) in [7, 11) is -2.15. The average Bonchev–Trinajstić information content (AvgIpc) is 3.37. The van der Waals surface area contributed by atoms with Crippen molar-refractivity contribution in [3.05, 3.63) is 65.2 Å². The Morgan fingerprint density at radius 2 is 1.97 bits per heavy atom. The van der Waals surface area contributed by atoms with Gasteiger partial charge in [-0.05, 0) is 37.3 Å². The van der Waals surface area contributed by atoms with Crippen LogP contribution in [0.1, 0.15) is 34.6 Å². The van der Waals surface area contributed by atoms with Crippen LogP contribution in [0.3, 0.4) is 0 Å². The zero-order valence-electron chi connectivity index (χ0n) is 18.0. The average molecular weight is 469 g/mol. The molecule has 0 fully saturated rings. The summed E-state index contributed by atoms with van der Waals surface area (Å²) in [4.78, 5) is 12.9. The number of nitrogens with zero attached hydrogens (tertiary/aromatic N) is 4. The van der Waals surface area contributed by atoms with Gasteiger partial charge in [-0.1, -0.05) is 5.21 Å². The van der Waals surface area contributed by atoms with Gasteiger partial charge in [0.2, 0.25) is 10.0 Å². The van der Waals surface area contributed by atoms with Crippen LogP contribution in [0.15, 0.2) is 47.0 Å². The first kappa shape index (κ1) is 21.1. The van der Waals surface area contributed by atoms with Crippen molar-refractivity contribution in [2.75, 3.05) is 17.6 Å². The van der Waals surface area contributed by atoms with Crippen LogP contribution >= 0.6 is 0 Å². The number of hydrogen-bond acceptors (Lipinski definition) is 6. The molecule has 0 bridgehead atoms. The first-order valence-corrected chi connectivity index (χ1v) is 12.0. The Morgan fingerprint density at radius 1 is 1.24 bits per heavy atom. The van der Waals surface area contributed by atoms with Gasteiger partial charge in [0.15, 0.2) is 0 Å². The van der Waals surface area contributed by atoms with Crippen LogP contribution in [0.4, 0.5) is 10.1 Å². The molecule has 5 rings (SSSR count). The molecule has 11 heteroatoms. The van der Waals surface area contributed by atoms with Crippen LogP contribution in [0.5, 0.6) is 0 Å². The van der Waals surface area contributed by atoms with Crippen molar-refractivity contribution in [3.63, 3.8) is 0 Å². The third-order valence-corrected chi connectivity index (χ3v) is 6.96. The molecule has 0 radical (unpaired) electrons. The van der Waals surface area contributed by atoms with Gasteiger partial charge in [0.1, 0.15) is 17.2 Å². The van der Waals surface area contributed by atoms with Crippen molar-refractivity contribution in [2.24, 2.45) is 0 Å². The summed E-state index contributed by atoms with van der Waals surface area (Å²) in [5.41, 5.74) is 2.86. The molecular formula is C22H20FN5O4S. The highest BCUT2D eigenvalue weighted by atomic mass is 32.2. The number of hydrogen-bond donors (Lipinski definition) is 1. The molecule has 0 spiro atoms. The molecule has 2 aromatic heterocycles. The first-order chi connectivity index (χ1) is 15.7. The van der Waals surface area contributed by atoms with Crippen molar-refractivity contribution in [1.29, 1.82) is 0 Å². The molecule has 33 heavy (non-hydrogen) atoms. The normalized spacial score (nSPS) is 15.8. The lowest BCUT2D eigenvalue weighted by Crippen LogP contribution is -2.29. The zero-order chi connectivity index (χ0) is 23.5. The Balaban J connectivity index is 1.83. The molecule has 9 nitrogen and oxygen atoms in total. The minimum absolute atomic E-state index is 0.0580. The number of anilines is 1. The molecule has 0 unspecified atom stereocenters. The molecule has 1 N–H and O–H groups in total. The number of furan rings is 1. The summed E-state index contributed by atoms with van der Waals surface area (Å²) < 4.78 is 47.9. The molecule has 1 amide bonds. The highest BCUT2D eigenvalue weighted by Crippen LogP contribution is 2.42. The van der Waals surface area contributed by atoms with Crippen LogP contribution in [-0.2, 0) is 16.6 Å². The summed E-state index contributed by atoms with van der Waals surface area (Å²) in [6.07, 6.45) is 2.67. The summed E-state index contributed by atoms with van der Waals surface area (Å²) in [5, 5.41) is 11.2. The van der Waals surface area contributed by atoms with E-state index in [9.17, 15) is 17.6 Å². The van der Waals surface area contributed by atoms with Gasteiger partial charge in [-0.25, -0.2) is 17.5 Å². The molecule has 0 saturated heterocycles. The molecule has 170 valence electrons. The summed E-state index contributed by atoms with van der Waals surface area (Å²) in [5.74, 6) is -0.524. The number of carbonyl (C=O) groups is 1. The summed E-state index contributed by atoms with van der Waals surface area (Å²) in [6, 6.07) is 8.65. The maximum absolute atomic E-state index is 13.5. The molecule has 0 saturated carbocycles. The van der Waals surface area contributed by atoms with Gasteiger partial charge in [-0.2, -0.15) is 0 Å². The first-order valence-electron chi connectivity index (χ1n) is 10.1. The van der Waals surface area contributed by atoms with Gasteiger partial charge < -0.3 is 9.73 Å². The summed E-state index contributed by atoms with van der Waals surface area (Å²) in [6.45, 7) is 1.94. The van der Waals surface area contributed by atoms with Crippen LogP contribution in [0.2, 0.25) is 0 Å². The molecule has 2 aromatic carbocycles. The minimum Gasteiger partial charge on any atom is -0.455 e. The van der Waals surface area contributed by atoms with Gasteiger partial charge in [-0.3, -0.25) is 9.10 Å². The number of amides is 1. The Morgan fingerprint density at radius 3 is 2.64 bits per heavy atom. The molecule has 1 aliphatic heterocycles. The minimum atomic E-state index is -3.65. The van der Waals surface area contributed by atoms with E-state index in [1.54, 1.807) is 16.8 Å². The number of aromatic nitrogens is 3. The van der Waals surface area contributed by atoms with Crippen LogP contribution in [0.25, 0.3) is 22.3 Å². The topological polar surface area (TPSA) is 110 Å². The standard InChI is InChI=1S/C22H20FN5O4S/c1-12-16-8-17-19(9-18(16)27(33(3,30)31)11-15-10-25-26-28(12)15)32-21(20(17)22(29)24-2)13-4-6-14(23)7-5-13/h4-10,12H,11H2,1-3H3,(H,24,29)/t12-/m0/s1. The predicted molar refractivity (Wildman–Crippen MR) is 120 cm³/mol. The van der Waals surface area contributed by atoms with Crippen molar-refractivity contribution in [3.8, 4) is 11.3 Å². The second-order valence-corrected chi connectivity index (χ2v) is 9.82. The van der Waals surface area contributed by atoms with Crippen molar-refractivity contribution in [1.82, 2.24) is 20.3 Å². The van der Waals surface area contributed by atoms with E-state index in [0.29, 0.717) is 33.5 Å². The maximum Gasteiger partial charge on any atom is 0.255 e. The van der Waals surface area contributed by atoms with Crippen LogP contribution in [0, 0.1) is 5.82 Å². The lowest BCUT2D eigenvalue weighted by molar-refractivity contribution is 0.0964. The quantitative estimate of drug-likeness (QED) is 0.494. The molecule has 1 aliphatic rings. The van der Waals surface area contributed by atoms with Crippen LogP contribution in [-0.4, -0.2) is 42.6 Å². The molecule has 4 aromatic rings. The number of nitrogens with one attached hydrogen (secondary N) is 1. The van der Waals surface area contributed by atoms with Crippen LogP contribution < -0.4 is 9.62 Å². The number of benzene rings is 2. The van der Waals surface area contributed by atoms with E-state index in [1.165, 1.54) is 41.8 Å². The molecular weight excluding hydrogens is 449 g/mol. The Kier molecular flexibility index (Phi) is 4.74. The zero-order valence-corrected chi connectivity index (χ0v) is 18.9. The third-order valence-electron chi connectivity index (χ3n) is 5.84. The summed E-state index contributed by atoms with van der Waals surface area (Å²) >= 11 is 0. The second-order valence-electron chi connectivity index (χ2n) is 7.91. The van der Waals surface area contributed by atoms with E-state index in [1.807, 2.05) is 6.92 Å². The van der Waals surface area contributed by atoms with Gasteiger partial charge in [0, 0.05) is 29.6 Å². The van der Waals surface area contributed by atoms with E-state index in [4.69, 9.17) is 4.42 Å². The fourth-order valence-electron chi connectivity index (χ4n) is 4.22. The fraction of sp³-hybridized carbons (Fsp3) is 0.227. The maximum atomic E-state index is 13.5.